The summed E-state index contributed by atoms with van der Waals surface area (Å²) in [4.78, 5) is 23.9. The first kappa shape index (κ1) is 27.3. The van der Waals surface area contributed by atoms with Crippen molar-refractivity contribution in [3.05, 3.63) is 23.8 Å². The van der Waals surface area contributed by atoms with Crippen LogP contribution < -0.4 is 0 Å². The molecule has 0 aromatic rings. The smallest absolute Gasteiger partial charge is 0.333 e. The molecule has 3 saturated carbocycles. The van der Waals surface area contributed by atoms with E-state index in [-0.39, 0.29) is 35.2 Å². The monoisotopic (exact) mass is 504 g/mol. The van der Waals surface area contributed by atoms with Crippen LogP contribution in [-0.2, 0) is 19.1 Å². The van der Waals surface area contributed by atoms with Gasteiger partial charge in [-0.1, -0.05) is 46.3 Å². The molecule has 0 saturated heterocycles. The van der Waals surface area contributed by atoms with Gasteiger partial charge in [-0.25, -0.2) is 4.79 Å². The van der Waals surface area contributed by atoms with Crippen LogP contribution in [-0.4, -0.2) is 51.9 Å². The molecule has 0 amide bonds. The fraction of sp³-hybridized carbons (Fsp3) is 0.793. The van der Waals surface area contributed by atoms with Gasteiger partial charge in [0.25, 0.3) is 0 Å². The molecule has 36 heavy (non-hydrogen) atoms. The Morgan fingerprint density at radius 2 is 1.83 bits per heavy atom. The van der Waals surface area contributed by atoms with Crippen molar-refractivity contribution in [3.63, 3.8) is 0 Å². The van der Waals surface area contributed by atoms with E-state index in [9.17, 15) is 24.9 Å². The number of aliphatic hydroxyl groups excluding tert-OH is 2. The lowest BCUT2D eigenvalue weighted by molar-refractivity contribution is -0.215. The largest absolute Gasteiger partial charge is 0.463 e. The van der Waals surface area contributed by atoms with Gasteiger partial charge in [-0.15, -0.1) is 0 Å². The predicted octanol–water partition coefficient (Wildman–Crippen LogP) is 4.05. The second-order valence-corrected chi connectivity index (χ2v) is 13.1. The van der Waals surface area contributed by atoms with Gasteiger partial charge in [0.05, 0.1) is 12.5 Å². The van der Waals surface area contributed by atoms with Crippen LogP contribution in [0.5, 0.6) is 0 Å². The summed E-state index contributed by atoms with van der Waals surface area (Å²) >= 11 is 0. The van der Waals surface area contributed by atoms with E-state index < -0.39 is 29.9 Å². The van der Waals surface area contributed by atoms with Crippen LogP contribution in [0.4, 0.5) is 0 Å². The predicted molar refractivity (Wildman–Crippen MR) is 134 cm³/mol. The van der Waals surface area contributed by atoms with E-state index in [0.29, 0.717) is 23.8 Å². The number of carbonyl (C=O) groups is 2. The molecule has 3 N–H and O–H groups in total. The number of aliphatic hydroxyl groups is 3. The van der Waals surface area contributed by atoms with Gasteiger partial charge >= 0.3 is 11.9 Å². The highest BCUT2D eigenvalue weighted by molar-refractivity contribution is 5.86. The molecule has 0 bridgehead atoms. The van der Waals surface area contributed by atoms with Gasteiger partial charge in [0, 0.05) is 17.6 Å². The molecule has 0 spiro atoms. The van der Waals surface area contributed by atoms with Crippen molar-refractivity contribution in [1.29, 1.82) is 0 Å². The molecule has 4 rings (SSSR count). The van der Waals surface area contributed by atoms with Crippen LogP contribution in [0, 0.1) is 34.0 Å². The van der Waals surface area contributed by atoms with Crippen LogP contribution in [0.2, 0.25) is 0 Å². The number of hydrogen-bond donors (Lipinski definition) is 3. The fourth-order valence-corrected chi connectivity index (χ4v) is 8.71. The molecule has 1 aliphatic heterocycles. The average molecular weight is 505 g/mol. The molecular weight excluding hydrogens is 460 g/mol. The minimum absolute atomic E-state index is 0.121. The van der Waals surface area contributed by atoms with Crippen molar-refractivity contribution in [3.8, 4) is 0 Å². The number of esters is 2. The first-order valence-corrected chi connectivity index (χ1v) is 13.6. The zero-order valence-electron chi connectivity index (χ0n) is 22.5. The average Bonchev–Trinajstić information content (AvgIpc) is 3.07. The van der Waals surface area contributed by atoms with Crippen LogP contribution in [0.1, 0.15) is 86.0 Å². The molecule has 8 unspecified atom stereocenters. The van der Waals surface area contributed by atoms with E-state index in [2.05, 4.69) is 27.7 Å². The quantitative estimate of drug-likeness (QED) is 0.468. The van der Waals surface area contributed by atoms with Gasteiger partial charge in [-0.3, -0.25) is 4.79 Å². The Hall–Kier alpha value is -1.70. The lowest BCUT2D eigenvalue weighted by Gasteiger charge is -2.67. The maximum atomic E-state index is 12.3. The van der Waals surface area contributed by atoms with Crippen molar-refractivity contribution in [2.45, 2.75) is 104 Å². The van der Waals surface area contributed by atoms with Crippen molar-refractivity contribution in [2.24, 2.45) is 34.0 Å². The minimum Gasteiger partial charge on any atom is -0.463 e. The summed E-state index contributed by atoms with van der Waals surface area (Å²) in [5.41, 5.74) is -0.763. The lowest BCUT2D eigenvalue weighted by Crippen LogP contribution is -2.63. The number of rotatable bonds is 6. The molecule has 3 fully saturated rings. The third-order valence-electron chi connectivity index (χ3n) is 10.2. The normalized spacial score (nSPS) is 42.8. The Labute approximate surface area is 214 Å². The topological polar surface area (TPSA) is 113 Å². The number of fused-ring (bicyclic) bond motifs is 3. The Bertz CT molecular complexity index is 936. The number of carbonyl (C=O) groups excluding carboxylic acids is 2. The van der Waals surface area contributed by atoms with Gasteiger partial charge in [-0.05, 0) is 73.5 Å². The van der Waals surface area contributed by atoms with E-state index >= 15 is 0 Å². The molecule has 7 nitrogen and oxygen atoms in total. The highest BCUT2D eigenvalue weighted by Crippen LogP contribution is 2.69. The molecule has 1 heterocycles. The molecule has 0 aromatic heterocycles. The highest BCUT2D eigenvalue weighted by atomic mass is 16.6. The van der Waals surface area contributed by atoms with Crippen molar-refractivity contribution in [2.75, 3.05) is 6.61 Å². The Morgan fingerprint density at radius 3 is 2.47 bits per heavy atom. The summed E-state index contributed by atoms with van der Waals surface area (Å²) in [5, 5.41) is 31.7. The summed E-state index contributed by atoms with van der Waals surface area (Å²) in [6.07, 6.45) is 9.59. The van der Waals surface area contributed by atoms with Crippen LogP contribution in [0.3, 0.4) is 0 Å². The van der Waals surface area contributed by atoms with Gasteiger partial charge in [0.1, 0.15) is 12.2 Å². The Morgan fingerprint density at radius 1 is 1.14 bits per heavy atom. The molecule has 8 atom stereocenters. The Kier molecular flexibility index (Phi) is 7.26. The Balaban J connectivity index is 1.68. The van der Waals surface area contributed by atoms with Crippen LogP contribution in [0.25, 0.3) is 0 Å². The van der Waals surface area contributed by atoms with Crippen molar-refractivity contribution < 1.29 is 34.4 Å². The standard InChI is InChI=1S/C29H44O7/c1-18(30)15-23(31)35-17-29(34)14-10-21-27(4)12-6-11-26(2,3)20(27)9-13-28(21,5)22(29)8-7-19-16-24(32)36-25(19)33/h7-8,16,18,20-22,25,30,33-34H,6,9-15,17H2,1-5H3. The third kappa shape index (κ3) is 4.79. The SMILES string of the molecule is CC(O)CC(=O)OCC1(O)CCC2C3(C)CCCC(C)(C)C3CCC2(C)C1C=CC1=CC(=O)OC1O. The van der Waals surface area contributed by atoms with Crippen molar-refractivity contribution in [1.82, 2.24) is 0 Å². The number of cyclic esters (lactones) is 1. The summed E-state index contributed by atoms with van der Waals surface area (Å²) in [6, 6.07) is 0. The third-order valence-corrected chi connectivity index (χ3v) is 10.2. The molecule has 0 radical (unpaired) electrons. The van der Waals surface area contributed by atoms with Gasteiger partial charge in [-0.2, -0.15) is 0 Å². The van der Waals surface area contributed by atoms with E-state index in [1.54, 1.807) is 6.08 Å². The van der Waals surface area contributed by atoms with E-state index in [1.807, 2.05) is 6.08 Å². The summed E-state index contributed by atoms with van der Waals surface area (Å²) in [6.45, 7) is 10.9. The van der Waals surface area contributed by atoms with Gasteiger partial charge in [0.2, 0.25) is 6.29 Å². The summed E-state index contributed by atoms with van der Waals surface area (Å²) < 4.78 is 10.3. The van der Waals surface area contributed by atoms with Crippen molar-refractivity contribution >= 4 is 11.9 Å². The molecule has 3 aliphatic carbocycles. The molecular formula is C29H44O7. The zero-order valence-corrected chi connectivity index (χ0v) is 22.5. The second kappa shape index (κ2) is 9.55. The minimum atomic E-state index is -1.31. The van der Waals surface area contributed by atoms with E-state index in [4.69, 9.17) is 9.47 Å². The first-order valence-electron chi connectivity index (χ1n) is 13.6. The molecule has 0 aromatic carbocycles. The molecule has 7 heteroatoms. The zero-order chi connectivity index (χ0) is 26.5. The van der Waals surface area contributed by atoms with Crippen LogP contribution >= 0.6 is 0 Å². The number of hydrogen-bond acceptors (Lipinski definition) is 7. The highest BCUT2D eigenvalue weighted by Gasteiger charge is 2.64. The van der Waals surface area contributed by atoms with Gasteiger partial charge in [0.15, 0.2) is 0 Å². The molecule has 4 aliphatic rings. The lowest BCUT2D eigenvalue weighted by atomic mass is 9.38. The molecule has 202 valence electrons. The van der Waals surface area contributed by atoms with Gasteiger partial charge < -0.3 is 24.8 Å². The number of ether oxygens (including phenoxy) is 2. The fourth-order valence-electron chi connectivity index (χ4n) is 8.71. The first-order chi connectivity index (χ1) is 16.7. The second-order valence-electron chi connectivity index (χ2n) is 13.1. The van der Waals surface area contributed by atoms with Crippen LogP contribution in [0.15, 0.2) is 23.8 Å². The summed E-state index contributed by atoms with van der Waals surface area (Å²) in [7, 11) is 0. The summed E-state index contributed by atoms with van der Waals surface area (Å²) in [5.74, 6) is -0.482. The maximum absolute atomic E-state index is 12.3. The van der Waals surface area contributed by atoms with E-state index in [1.165, 1.54) is 32.3 Å². The van der Waals surface area contributed by atoms with E-state index in [0.717, 1.165) is 19.3 Å². The maximum Gasteiger partial charge on any atom is 0.333 e.